The Morgan fingerprint density at radius 1 is 1.06 bits per heavy atom. The number of aryl methyl sites for hydroxylation is 1. The van der Waals surface area contributed by atoms with E-state index in [0.717, 1.165) is 12.1 Å². The molecule has 2 aromatic rings. The summed E-state index contributed by atoms with van der Waals surface area (Å²) in [4.78, 5) is 30.6. The second kappa shape index (κ2) is 9.62. The number of nitrogens with zero attached hydrogens (tertiary/aromatic N) is 2. The molecule has 2 aliphatic rings. The number of carbonyl (C=O) groups is 2. The Labute approximate surface area is 184 Å². The number of benzene rings is 2. The Morgan fingerprint density at radius 2 is 1.77 bits per heavy atom. The number of rotatable bonds is 8. The highest BCUT2D eigenvalue weighted by Gasteiger charge is 2.45. The minimum absolute atomic E-state index is 0.0779. The summed E-state index contributed by atoms with van der Waals surface area (Å²) in [5.74, 6) is -0.185. The van der Waals surface area contributed by atoms with Gasteiger partial charge >= 0.3 is 0 Å². The van der Waals surface area contributed by atoms with Crippen LogP contribution in [0.15, 0.2) is 54.6 Å². The number of nitrogens with one attached hydrogen (secondary N) is 1. The van der Waals surface area contributed by atoms with E-state index < -0.39 is 6.04 Å². The fraction of sp³-hybridized carbons (Fsp3) is 0.440. The third kappa shape index (κ3) is 5.14. The maximum Gasteiger partial charge on any atom is 0.254 e. The SMILES string of the molecule is Cc1ccc(C(=O)N2CC(N(Cc3ccccc3)C3CC3)CC2C(=O)NCCN)cc1. The van der Waals surface area contributed by atoms with Crippen LogP contribution in [0.1, 0.15) is 40.7 Å². The molecule has 0 radical (unpaired) electrons. The molecule has 2 fully saturated rings. The Kier molecular flexibility index (Phi) is 6.68. The zero-order valence-electron chi connectivity index (χ0n) is 18.2. The Hall–Kier alpha value is -2.70. The average Bonchev–Trinajstić information content (AvgIpc) is 3.54. The van der Waals surface area contributed by atoms with E-state index in [0.29, 0.717) is 37.7 Å². The van der Waals surface area contributed by atoms with Gasteiger partial charge in [-0.15, -0.1) is 0 Å². The molecule has 1 aliphatic heterocycles. The van der Waals surface area contributed by atoms with Gasteiger partial charge in [0.1, 0.15) is 6.04 Å². The molecule has 1 saturated heterocycles. The minimum Gasteiger partial charge on any atom is -0.353 e. The molecule has 0 aromatic heterocycles. The molecule has 2 unspecified atom stereocenters. The van der Waals surface area contributed by atoms with E-state index in [1.54, 1.807) is 4.90 Å². The summed E-state index contributed by atoms with van der Waals surface area (Å²) in [6.45, 7) is 4.22. The van der Waals surface area contributed by atoms with Crippen molar-refractivity contribution in [3.8, 4) is 0 Å². The highest BCUT2D eigenvalue weighted by Crippen LogP contribution is 2.35. The fourth-order valence-electron chi connectivity index (χ4n) is 4.46. The quantitative estimate of drug-likeness (QED) is 0.687. The van der Waals surface area contributed by atoms with Gasteiger partial charge < -0.3 is 16.0 Å². The van der Waals surface area contributed by atoms with E-state index >= 15 is 0 Å². The second-order valence-corrected chi connectivity index (χ2v) is 8.70. The summed E-state index contributed by atoms with van der Waals surface area (Å²) in [5.41, 5.74) is 8.58. The van der Waals surface area contributed by atoms with Crippen LogP contribution in [0.25, 0.3) is 0 Å². The van der Waals surface area contributed by atoms with Crippen molar-refractivity contribution in [3.63, 3.8) is 0 Å². The van der Waals surface area contributed by atoms with Crippen molar-refractivity contribution >= 4 is 11.8 Å². The Bertz CT molecular complexity index is 895. The van der Waals surface area contributed by atoms with Crippen LogP contribution in [0.5, 0.6) is 0 Å². The maximum absolute atomic E-state index is 13.4. The number of nitrogens with two attached hydrogens (primary N) is 1. The molecule has 1 saturated carbocycles. The van der Waals surface area contributed by atoms with E-state index in [9.17, 15) is 9.59 Å². The first-order chi connectivity index (χ1) is 15.1. The smallest absolute Gasteiger partial charge is 0.254 e. The van der Waals surface area contributed by atoms with Crippen molar-refractivity contribution in [1.29, 1.82) is 0 Å². The van der Waals surface area contributed by atoms with E-state index in [1.165, 1.54) is 18.4 Å². The van der Waals surface area contributed by atoms with E-state index in [1.807, 2.05) is 37.3 Å². The summed E-state index contributed by atoms with van der Waals surface area (Å²) in [6, 6.07) is 18.2. The molecule has 6 heteroatoms. The zero-order valence-corrected chi connectivity index (χ0v) is 18.2. The largest absolute Gasteiger partial charge is 0.353 e. The predicted molar refractivity (Wildman–Crippen MR) is 121 cm³/mol. The van der Waals surface area contributed by atoms with Crippen LogP contribution in [0.2, 0.25) is 0 Å². The highest BCUT2D eigenvalue weighted by atomic mass is 16.2. The first-order valence-corrected chi connectivity index (χ1v) is 11.2. The monoisotopic (exact) mass is 420 g/mol. The normalized spacial score (nSPS) is 20.8. The van der Waals surface area contributed by atoms with Gasteiger partial charge in [-0.25, -0.2) is 0 Å². The standard InChI is InChI=1S/C25H32N4O2/c1-18-7-9-20(10-8-18)25(31)29-17-22(15-23(29)24(30)27-14-13-26)28(21-11-12-21)16-19-5-3-2-4-6-19/h2-10,21-23H,11-17,26H2,1H3,(H,27,30). The van der Waals surface area contributed by atoms with E-state index in [2.05, 4.69) is 34.5 Å². The van der Waals surface area contributed by atoms with Crippen LogP contribution in [-0.2, 0) is 11.3 Å². The first-order valence-electron chi connectivity index (χ1n) is 11.2. The van der Waals surface area contributed by atoms with Crippen molar-refractivity contribution in [1.82, 2.24) is 15.1 Å². The number of carbonyl (C=O) groups excluding carboxylic acids is 2. The van der Waals surface area contributed by atoms with Gasteiger partial charge in [-0.05, 0) is 43.9 Å². The topological polar surface area (TPSA) is 78.7 Å². The van der Waals surface area contributed by atoms with Crippen LogP contribution in [0, 0.1) is 6.92 Å². The molecule has 3 N–H and O–H groups in total. The highest BCUT2D eigenvalue weighted by molar-refractivity contribution is 5.98. The molecule has 164 valence electrons. The van der Waals surface area contributed by atoms with Crippen molar-refractivity contribution in [2.75, 3.05) is 19.6 Å². The summed E-state index contributed by atoms with van der Waals surface area (Å²) >= 11 is 0. The molecular formula is C25H32N4O2. The van der Waals surface area contributed by atoms with Crippen LogP contribution in [-0.4, -0.2) is 59.4 Å². The lowest BCUT2D eigenvalue weighted by atomic mass is 10.1. The molecule has 2 aromatic carbocycles. The summed E-state index contributed by atoms with van der Waals surface area (Å²) in [5, 5.41) is 2.90. The lowest BCUT2D eigenvalue weighted by Crippen LogP contribution is -2.47. The van der Waals surface area contributed by atoms with Gasteiger partial charge in [0, 0.05) is 43.8 Å². The van der Waals surface area contributed by atoms with Crippen LogP contribution < -0.4 is 11.1 Å². The summed E-state index contributed by atoms with van der Waals surface area (Å²) in [7, 11) is 0. The van der Waals surface area contributed by atoms with Crippen molar-refractivity contribution in [2.24, 2.45) is 5.73 Å². The van der Waals surface area contributed by atoms with Crippen molar-refractivity contribution < 1.29 is 9.59 Å². The Morgan fingerprint density at radius 3 is 2.42 bits per heavy atom. The maximum atomic E-state index is 13.4. The summed E-state index contributed by atoms with van der Waals surface area (Å²) in [6.07, 6.45) is 3.01. The lowest BCUT2D eigenvalue weighted by molar-refractivity contribution is -0.124. The molecular weight excluding hydrogens is 388 g/mol. The van der Waals surface area contributed by atoms with Crippen LogP contribution in [0.3, 0.4) is 0 Å². The van der Waals surface area contributed by atoms with E-state index in [-0.39, 0.29) is 17.9 Å². The number of hydrogen-bond donors (Lipinski definition) is 2. The molecule has 0 bridgehead atoms. The molecule has 1 aliphatic carbocycles. The third-order valence-corrected chi connectivity index (χ3v) is 6.28. The number of hydrogen-bond acceptors (Lipinski definition) is 4. The van der Waals surface area contributed by atoms with E-state index in [4.69, 9.17) is 5.73 Å². The fourth-order valence-corrected chi connectivity index (χ4v) is 4.46. The molecule has 4 rings (SSSR count). The van der Waals surface area contributed by atoms with Gasteiger partial charge in [0.05, 0.1) is 0 Å². The lowest BCUT2D eigenvalue weighted by Gasteiger charge is -2.29. The van der Waals surface area contributed by atoms with Crippen molar-refractivity contribution in [2.45, 2.75) is 50.9 Å². The van der Waals surface area contributed by atoms with Gasteiger partial charge in [0.15, 0.2) is 0 Å². The van der Waals surface area contributed by atoms with Crippen LogP contribution >= 0.6 is 0 Å². The van der Waals surface area contributed by atoms with Gasteiger partial charge in [0.2, 0.25) is 5.91 Å². The minimum atomic E-state index is -0.470. The molecule has 0 spiro atoms. The molecule has 2 atom stereocenters. The molecule has 6 nitrogen and oxygen atoms in total. The number of amides is 2. The second-order valence-electron chi connectivity index (χ2n) is 8.70. The van der Waals surface area contributed by atoms with Gasteiger partial charge in [-0.3, -0.25) is 14.5 Å². The number of likely N-dealkylation sites (tertiary alicyclic amines) is 1. The van der Waals surface area contributed by atoms with Gasteiger partial charge in [0.25, 0.3) is 5.91 Å². The molecule has 2 amide bonds. The van der Waals surface area contributed by atoms with Gasteiger partial charge in [-0.1, -0.05) is 48.0 Å². The molecule has 1 heterocycles. The third-order valence-electron chi connectivity index (χ3n) is 6.28. The Balaban J connectivity index is 1.56. The van der Waals surface area contributed by atoms with Gasteiger partial charge in [-0.2, -0.15) is 0 Å². The average molecular weight is 421 g/mol. The zero-order chi connectivity index (χ0) is 21.8. The van der Waals surface area contributed by atoms with Crippen LogP contribution in [0.4, 0.5) is 0 Å². The van der Waals surface area contributed by atoms with Crippen molar-refractivity contribution in [3.05, 3.63) is 71.3 Å². The summed E-state index contributed by atoms with van der Waals surface area (Å²) < 4.78 is 0. The molecule has 31 heavy (non-hydrogen) atoms. The first kappa shape index (κ1) is 21.5. The predicted octanol–water partition coefficient (Wildman–Crippen LogP) is 2.32.